The van der Waals surface area contributed by atoms with E-state index in [-0.39, 0.29) is 0 Å². The fourth-order valence-corrected chi connectivity index (χ4v) is 2.59. The number of nitrogens with one attached hydrogen (secondary N) is 1. The Morgan fingerprint density at radius 1 is 1.05 bits per heavy atom. The van der Waals surface area contributed by atoms with Crippen molar-refractivity contribution >= 4 is 0 Å². The average molecular weight is 284 g/mol. The molecule has 1 heterocycles. The highest BCUT2D eigenvalue weighted by Crippen LogP contribution is 2.29. The van der Waals surface area contributed by atoms with Crippen molar-refractivity contribution in [1.82, 2.24) is 10.3 Å². The number of methoxy groups -OCH3 is 1. The monoisotopic (exact) mass is 284 g/mol. The lowest BCUT2D eigenvalue weighted by molar-refractivity contribution is 0.408. The molecule has 0 aliphatic heterocycles. The first kappa shape index (κ1) is 15.5. The van der Waals surface area contributed by atoms with Gasteiger partial charge in [-0.2, -0.15) is 0 Å². The summed E-state index contributed by atoms with van der Waals surface area (Å²) in [6.07, 6.45) is 4.99. The zero-order chi connectivity index (χ0) is 15.2. The summed E-state index contributed by atoms with van der Waals surface area (Å²) in [6.45, 7) is 8.23. The molecular formula is C18H24N2O. The predicted molar refractivity (Wildman–Crippen MR) is 87.7 cm³/mol. The maximum atomic E-state index is 5.43. The third-order valence-corrected chi connectivity index (χ3v) is 3.55. The van der Waals surface area contributed by atoms with Gasteiger partial charge in [-0.1, -0.05) is 6.92 Å². The van der Waals surface area contributed by atoms with Crippen LogP contribution in [-0.2, 0) is 6.54 Å². The molecule has 0 aliphatic rings. The Hall–Kier alpha value is -1.87. The molecule has 0 spiro atoms. The summed E-state index contributed by atoms with van der Waals surface area (Å²) in [5.41, 5.74) is 5.87. The number of ether oxygens (including phenoxy) is 1. The lowest BCUT2D eigenvalue weighted by Gasteiger charge is -2.12. The lowest BCUT2D eigenvalue weighted by atomic mass is 10.00. The zero-order valence-corrected chi connectivity index (χ0v) is 13.4. The molecule has 0 amide bonds. The molecular weight excluding hydrogens is 260 g/mol. The van der Waals surface area contributed by atoms with Crippen LogP contribution >= 0.6 is 0 Å². The summed E-state index contributed by atoms with van der Waals surface area (Å²) in [7, 11) is 1.72. The summed E-state index contributed by atoms with van der Waals surface area (Å²) in [4.78, 5) is 4.37. The standard InChI is InChI=1S/C18H24N2O/c1-5-6-19-10-15-9-17(12-20-11-15)16-7-13(2)18(21-4)14(3)8-16/h7-9,11-12,19H,5-6,10H2,1-4H3. The molecule has 1 aromatic carbocycles. The quantitative estimate of drug-likeness (QED) is 0.818. The van der Waals surface area contributed by atoms with Crippen LogP contribution in [0.25, 0.3) is 11.1 Å². The first-order chi connectivity index (χ1) is 10.2. The Balaban J connectivity index is 2.27. The third-order valence-electron chi connectivity index (χ3n) is 3.55. The number of benzene rings is 1. The summed E-state index contributed by atoms with van der Waals surface area (Å²) in [5, 5.41) is 3.41. The number of aromatic nitrogens is 1. The van der Waals surface area contributed by atoms with E-state index >= 15 is 0 Å². The van der Waals surface area contributed by atoms with Crippen molar-refractivity contribution in [2.75, 3.05) is 13.7 Å². The Morgan fingerprint density at radius 2 is 1.76 bits per heavy atom. The van der Waals surface area contributed by atoms with Gasteiger partial charge < -0.3 is 10.1 Å². The van der Waals surface area contributed by atoms with Crippen LogP contribution in [0.5, 0.6) is 5.75 Å². The van der Waals surface area contributed by atoms with E-state index < -0.39 is 0 Å². The summed E-state index contributed by atoms with van der Waals surface area (Å²) >= 11 is 0. The highest BCUT2D eigenvalue weighted by Gasteiger charge is 2.07. The fourth-order valence-electron chi connectivity index (χ4n) is 2.59. The van der Waals surface area contributed by atoms with Crippen LogP contribution in [0, 0.1) is 13.8 Å². The van der Waals surface area contributed by atoms with Crippen LogP contribution in [0.1, 0.15) is 30.0 Å². The van der Waals surface area contributed by atoms with Gasteiger partial charge in [0.05, 0.1) is 7.11 Å². The van der Waals surface area contributed by atoms with Gasteiger partial charge in [-0.15, -0.1) is 0 Å². The molecule has 2 aromatic rings. The molecule has 3 heteroatoms. The summed E-state index contributed by atoms with van der Waals surface area (Å²) < 4.78 is 5.43. The molecule has 112 valence electrons. The van der Waals surface area contributed by atoms with Crippen LogP contribution in [0.3, 0.4) is 0 Å². The van der Waals surface area contributed by atoms with Gasteiger partial charge in [-0.3, -0.25) is 4.98 Å². The van der Waals surface area contributed by atoms with E-state index in [1.165, 1.54) is 11.1 Å². The largest absolute Gasteiger partial charge is 0.496 e. The van der Waals surface area contributed by atoms with E-state index in [0.29, 0.717) is 0 Å². The maximum Gasteiger partial charge on any atom is 0.124 e. The highest BCUT2D eigenvalue weighted by molar-refractivity contribution is 5.67. The van der Waals surface area contributed by atoms with Crippen molar-refractivity contribution in [1.29, 1.82) is 0 Å². The average Bonchev–Trinajstić information content (AvgIpc) is 2.47. The molecule has 0 unspecified atom stereocenters. The van der Waals surface area contributed by atoms with E-state index in [9.17, 15) is 0 Å². The number of hydrogen-bond acceptors (Lipinski definition) is 3. The fraction of sp³-hybridized carbons (Fsp3) is 0.389. The molecule has 0 aliphatic carbocycles. The van der Waals surface area contributed by atoms with Gasteiger partial charge in [0.25, 0.3) is 0 Å². The Morgan fingerprint density at radius 3 is 2.38 bits per heavy atom. The molecule has 2 rings (SSSR count). The highest BCUT2D eigenvalue weighted by atomic mass is 16.5. The number of nitrogens with zero attached hydrogens (tertiary/aromatic N) is 1. The third kappa shape index (κ3) is 3.82. The molecule has 3 nitrogen and oxygen atoms in total. The molecule has 0 saturated heterocycles. The van der Waals surface area contributed by atoms with E-state index in [4.69, 9.17) is 4.74 Å². The minimum atomic E-state index is 0.864. The van der Waals surface area contributed by atoms with Gasteiger partial charge in [0.1, 0.15) is 5.75 Å². The number of aryl methyl sites for hydroxylation is 2. The van der Waals surface area contributed by atoms with Gasteiger partial charge in [-0.05, 0) is 67.3 Å². The van der Waals surface area contributed by atoms with Gasteiger partial charge in [0, 0.05) is 24.5 Å². The Labute approximate surface area is 127 Å². The molecule has 0 radical (unpaired) electrons. The van der Waals surface area contributed by atoms with Crippen molar-refractivity contribution in [3.8, 4) is 16.9 Å². The normalized spacial score (nSPS) is 10.7. The first-order valence-electron chi connectivity index (χ1n) is 7.46. The van der Waals surface area contributed by atoms with Gasteiger partial charge in [-0.25, -0.2) is 0 Å². The molecule has 0 bridgehead atoms. The Bertz CT molecular complexity index is 585. The molecule has 0 fully saturated rings. The van der Waals surface area contributed by atoms with E-state index in [1.807, 2.05) is 12.4 Å². The van der Waals surface area contributed by atoms with Crippen LogP contribution in [-0.4, -0.2) is 18.6 Å². The van der Waals surface area contributed by atoms with Crippen LogP contribution in [0.2, 0.25) is 0 Å². The molecule has 1 aromatic heterocycles. The van der Waals surface area contributed by atoms with E-state index in [2.05, 4.69) is 49.3 Å². The number of hydrogen-bond donors (Lipinski definition) is 1. The lowest BCUT2D eigenvalue weighted by Crippen LogP contribution is -2.13. The van der Waals surface area contributed by atoms with Crippen molar-refractivity contribution in [3.63, 3.8) is 0 Å². The van der Waals surface area contributed by atoms with Crippen molar-refractivity contribution in [3.05, 3.63) is 47.3 Å². The van der Waals surface area contributed by atoms with Crippen LogP contribution in [0.4, 0.5) is 0 Å². The molecule has 0 atom stereocenters. The van der Waals surface area contributed by atoms with Gasteiger partial charge in [0.15, 0.2) is 0 Å². The predicted octanol–water partition coefficient (Wildman–Crippen LogP) is 3.87. The van der Waals surface area contributed by atoms with Gasteiger partial charge in [0.2, 0.25) is 0 Å². The summed E-state index contributed by atoms with van der Waals surface area (Å²) in [6, 6.07) is 6.52. The molecule has 0 saturated carbocycles. The molecule has 21 heavy (non-hydrogen) atoms. The van der Waals surface area contributed by atoms with Crippen LogP contribution in [0.15, 0.2) is 30.6 Å². The second-order valence-electron chi connectivity index (χ2n) is 5.40. The summed E-state index contributed by atoms with van der Waals surface area (Å²) in [5.74, 6) is 0.965. The van der Waals surface area contributed by atoms with E-state index in [0.717, 1.165) is 42.0 Å². The van der Waals surface area contributed by atoms with Crippen molar-refractivity contribution in [2.24, 2.45) is 0 Å². The number of pyridine rings is 1. The van der Waals surface area contributed by atoms with E-state index in [1.54, 1.807) is 7.11 Å². The zero-order valence-electron chi connectivity index (χ0n) is 13.4. The van der Waals surface area contributed by atoms with Gasteiger partial charge >= 0.3 is 0 Å². The second-order valence-corrected chi connectivity index (χ2v) is 5.40. The smallest absolute Gasteiger partial charge is 0.124 e. The molecule has 1 N–H and O–H groups in total. The van der Waals surface area contributed by atoms with Crippen molar-refractivity contribution in [2.45, 2.75) is 33.7 Å². The first-order valence-corrected chi connectivity index (χ1v) is 7.46. The number of rotatable bonds is 6. The topological polar surface area (TPSA) is 34.2 Å². The second kappa shape index (κ2) is 7.23. The Kier molecular flexibility index (Phi) is 5.34. The minimum Gasteiger partial charge on any atom is -0.496 e. The van der Waals surface area contributed by atoms with Crippen molar-refractivity contribution < 1.29 is 4.74 Å². The SMILES string of the molecule is CCCNCc1cncc(-c2cc(C)c(OC)c(C)c2)c1. The maximum absolute atomic E-state index is 5.43. The van der Waals surface area contributed by atoms with Crippen LogP contribution < -0.4 is 10.1 Å². The minimum absolute atomic E-state index is 0.864.